The van der Waals surface area contributed by atoms with Gasteiger partial charge in [0.1, 0.15) is 5.75 Å². The van der Waals surface area contributed by atoms with E-state index in [2.05, 4.69) is 6.07 Å². The molecule has 0 bridgehead atoms. The second-order valence-corrected chi connectivity index (χ2v) is 6.76. The van der Waals surface area contributed by atoms with Gasteiger partial charge >= 0.3 is 6.09 Å². The van der Waals surface area contributed by atoms with Crippen LogP contribution in [-0.4, -0.2) is 47.5 Å². The fourth-order valence-corrected chi connectivity index (χ4v) is 3.54. The molecule has 25 heavy (non-hydrogen) atoms. The van der Waals surface area contributed by atoms with Crippen molar-refractivity contribution in [2.24, 2.45) is 0 Å². The molecule has 1 aliphatic carbocycles. The second kappa shape index (κ2) is 8.21. The van der Waals surface area contributed by atoms with Crippen LogP contribution in [0.3, 0.4) is 0 Å². The summed E-state index contributed by atoms with van der Waals surface area (Å²) in [6.07, 6.45) is 5.22. The Morgan fingerprint density at radius 1 is 1.00 bits per heavy atom. The van der Waals surface area contributed by atoms with E-state index in [9.17, 15) is 4.79 Å². The molecule has 3 rings (SSSR count). The predicted molar refractivity (Wildman–Crippen MR) is 91.5 cm³/mol. The lowest BCUT2D eigenvalue weighted by Crippen LogP contribution is -2.41. The summed E-state index contributed by atoms with van der Waals surface area (Å²) in [7, 11) is 0. The number of hydrogen-bond acceptors (Lipinski definition) is 4. The monoisotopic (exact) mass is 344 g/mol. The molecule has 2 fully saturated rings. The summed E-state index contributed by atoms with van der Waals surface area (Å²) in [5.74, 6) is 0.810. The van der Waals surface area contributed by atoms with Gasteiger partial charge in [-0.1, -0.05) is 0 Å². The maximum Gasteiger partial charge on any atom is 0.407 e. The van der Waals surface area contributed by atoms with Gasteiger partial charge in [-0.2, -0.15) is 5.26 Å². The first-order valence-corrected chi connectivity index (χ1v) is 8.94. The number of likely N-dealkylation sites (tertiary alicyclic amines) is 1. The smallest absolute Gasteiger partial charge is 0.407 e. The minimum absolute atomic E-state index is 0.177. The number of carboxylic acid groups (broad SMARTS) is 1. The highest BCUT2D eigenvalue weighted by Crippen LogP contribution is 2.28. The quantitative estimate of drug-likeness (QED) is 0.905. The molecule has 6 heteroatoms. The molecule has 0 atom stereocenters. The maximum atomic E-state index is 10.9. The molecule has 1 aliphatic heterocycles. The zero-order chi connectivity index (χ0) is 17.6. The molecular weight excluding hydrogens is 320 g/mol. The number of rotatable bonds is 4. The van der Waals surface area contributed by atoms with Gasteiger partial charge < -0.3 is 19.5 Å². The third-order valence-electron chi connectivity index (χ3n) is 5.00. The first kappa shape index (κ1) is 17.6. The highest BCUT2D eigenvalue weighted by atomic mass is 16.5. The van der Waals surface area contributed by atoms with E-state index < -0.39 is 6.09 Å². The Labute approximate surface area is 147 Å². The van der Waals surface area contributed by atoms with E-state index >= 15 is 0 Å². The third-order valence-corrected chi connectivity index (χ3v) is 5.00. The van der Waals surface area contributed by atoms with Crippen molar-refractivity contribution in [3.05, 3.63) is 29.8 Å². The number of hydrogen-bond donors (Lipinski definition) is 1. The summed E-state index contributed by atoms with van der Waals surface area (Å²) in [5, 5.41) is 17.8. The van der Waals surface area contributed by atoms with Crippen molar-refractivity contribution in [1.82, 2.24) is 4.90 Å². The highest BCUT2D eigenvalue weighted by molar-refractivity contribution is 5.65. The zero-order valence-corrected chi connectivity index (χ0v) is 14.3. The van der Waals surface area contributed by atoms with Crippen LogP contribution in [-0.2, 0) is 4.74 Å². The molecule has 0 aromatic heterocycles. The Bertz CT molecular complexity index is 609. The Morgan fingerprint density at radius 2 is 1.56 bits per heavy atom. The molecule has 134 valence electrons. The summed E-state index contributed by atoms with van der Waals surface area (Å²) in [6, 6.07) is 9.34. The van der Waals surface area contributed by atoms with Crippen molar-refractivity contribution in [3.8, 4) is 11.8 Å². The van der Waals surface area contributed by atoms with Crippen molar-refractivity contribution < 1.29 is 19.4 Å². The number of ether oxygens (including phenoxy) is 2. The average molecular weight is 344 g/mol. The molecule has 1 aromatic rings. The van der Waals surface area contributed by atoms with Crippen LogP contribution in [0.1, 0.15) is 44.1 Å². The van der Waals surface area contributed by atoms with E-state index in [1.165, 1.54) is 4.90 Å². The largest absolute Gasteiger partial charge is 0.490 e. The molecule has 1 N–H and O–H groups in total. The van der Waals surface area contributed by atoms with E-state index in [0.29, 0.717) is 18.7 Å². The van der Waals surface area contributed by atoms with Crippen LogP contribution in [0.2, 0.25) is 0 Å². The fourth-order valence-electron chi connectivity index (χ4n) is 3.54. The standard InChI is InChI=1S/C19H24N2O4/c20-13-14-1-3-15(4-2-14)24-16-5-7-17(8-6-16)25-18-9-11-21(12-10-18)19(22)23/h1-4,16-18H,5-12H2,(H,22,23). The van der Waals surface area contributed by atoms with Crippen LogP contribution in [0.4, 0.5) is 4.79 Å². The first-order chi connectivity index (χ1) is 12.1. The van der Waals surface area contributed by atoms with E-state index in [0.717, 1.165) is 44.3 Å². The Kier molecular flexibility index (Phi) is 5.77. The van der Waals surface area contributed by atoms with Crippen LogP contribution in [0, 0.1) is 11.3 Å². The van der Waals surface area contributed by atoms with Crippen LogP contribution in [0.15, 0.2) is 24.3 Å². The molecule has 0 unspecified atom stereocenters. The van der Waals surface area contributed by atoms with Crippen LogP contribution in [0.5, 0.6) is 5.75 Å². The zero-order valence-electron chi connectivity index (χ0n) is 14.3. The van der Waals surface area contributed by atoms with Gasteiger partial charge in [-0.05, 0) is 62.8 Å². The average Bonchev–Trinajstić information content (AvgIpc) is 2.64. The number of nitriles is 1. The number of nitrogens with zero attached hydrogens (tertiary/aromatic N) is 2. The van der Waals surface area contributed by atoms with Gasteiger partial charge in [-0.15, -0.1) is 0 Å². The van der Waals surface area contributed by atoms with E-state index in [-0.39, 0.29) is 18.3 Å². The second-order valence-electron chi connectivity index (χ2n) is 6.76. The summed E-state index contributed by atoms with van der Waals surface area (Å²) < 4.78 is 12.2. The molecule has 0 spiro atoms. The molecule has 1 saturated carbocycles. The van der Waals surface area contributed by atoms with Gasteiger partial charge in [-0.25, -0.2) is 4.79 Å². The van der Waals surface area contributed by atoms with Gasteiger partial charge in [0.05, 0.1) is 29.9 Å². The van der Waals surface area contributed by atoms with Gasteiger partial charge in [0, 0.05) is 13.1 Å². The molecule has 0 radical (unpaired) electrons. The number of piperidine rings is 1. The van der Waals surface area contributed by atoms with Crippen molar-refractivity contribution in [2.75, 3.05) is 13.1 Å². The lowest BCUT2D eigenvalue weighted by Gasteiger charge is -2.35. The normalized spacial score (nSPS) is 24.5. The Morgan fingerprint density at radius 3 is 2.12 bits per heavy atom. The van der Waals surface area contributed by atoms with Crippen molar-refractivity contribution >= 4 is 6.09 Å². The predicted octanol–water partition coefficient (Wildman–Crippen LogP) is 3.41. The van der Waals surface area contributed by atoms with E-state index in [4.69, 9.17) is 19.8 Å². The van der Waals surface area contributed by atoms with Crippen molar-refractivity contribution in [1.29, 1.82) is 5.26 Å². The molecule has 1 aromatic carbocycles. The SMILES string of the molecule is N#Cc1ccc(OC2CCC(OC3CCN(C(=O)O)CC3)CC2)cc1. The lowest BCUT2D eigenvalue weighted by molar-refractivity contribution is -0.0641. The molecule has 1 heterocycles. The van der Waals surface area contributed by atoms with Crippen molar-refractivity contribution in [3.63, 3.8) is 0 Å². The molecule has 6 nitrogen and oxygen atoms in total. The summed E-state index contributed by atoms with van der Waals surface area (Å²) >= 11 is 0. The number of carbonyl (C=O) groups is 1. The third kappa shape index (κ3) is 4.86. The van der Waals surface area contributed by atoms with Crippen LogP contribution >= 0.6 is 0 Å². The highest BCUT2D eigenvalue weighted by Gasteiger charge is 2.28. The number of amides is 1. The molecule has 2 aliphatic rings. The first-order valence-electron chi connectivity index (χ1n) is 8.94. The summed E-state index contributed by atoms with van der Waals surface area (Å²) in [4.78, 5) is 12.4. The van der Waals surface area contributed by atoms with Gasteiger partial charge in [0.15, 0.2) is 0 Å². The topological polar surface area (TPSA) is 82.8 Å². The van der Waals surface area contributed by atoms with Crippen LogP contribution in [0.25, 0.3) is 0 Å². The Hall–Kier alpha value is -2.26. The lowest BCUT2D eigenvalue weighted by atomic mass is 9.94. The number of benzene rings is 1. The van der Waals surface area contributed by atoms with Gasteiger partial charge in [0.25, 0.3) is 0 Å². The molecular formula is C19H24N2O4. The van der Waals surface area contributed by atoms with E-state index in [1.807, 2.05) is 12.1 Å². The van der Waals surface area contributed by atoms with Gasteiger partial charge in [0.2, 0.25) is 0 Å². The maximum absolute atomic E-state index is 10.9. The minimum Gasteiger partial charge on any atom is -0.490 e. The Balaban J connectivity index is 1.38. The minimum atomic E-state index is -0.834. The molecule has 1 amide bonds. The van der Waals surface area contributed by atoms with Gasteiger partial charge in [-0.3, -0.25) is 0 Å². The molecule has 1 saturated heterocycles. The van der Waals surface area contributed by atoms with E-state index in [1.54, 1.807) is 12.1 Å². The van der Waals surface area contributed by atoms with Crippen LogP contribution < -0.4 is 4.74 Å². The summed E-state index contributed by atoms with van der Waals surface area (Å²) in [5.41, 5.74) is 0.637. The van der Waals surface area contributed by atoms with Crippen molar-refractivity contribution in [2.45, 2.75) is 56.8 Å². The fraction of sp³-hybridized carbons (Fsp3) is 0.579. The summed E-state index contributed by atoms with van der Waals surface area (Å²) in [6.45, 7) is 1.13.